The molecule has 1 aliphatic rings. The van der Waals surface area contributed by atoms with Crippen LogP contribution in [0.25, 0.3) is 0 Å². The standard InChI is InChI=1S/C13H20N4O/c1-11-5-4-6-12(14-11)16-7-9-17(10-8-16)13(18)15(2)3/h4-6H,7-10H2,1-3H3. The second-order valence-electron chi connectivity index (χ2n) is 4.79. The van der Waals surface area contributed by atoms with Crippen molar-refractivity contribution in [2.45, 2.75) is 6.92 Å². The smallest absolute Gasteiger partial charge is 0.319 e. The van der Waals surface area contributed by atoms with Crippen molar-refractivity contribution in [2.75, 3.05) is 45.2 Å². The third-order valence-corrected chi connectivity index (χ3v) is 3.13. The average molecular weight is 248 g/mol. The summed E-state index contributed by atoms with van der Waals surface area (Å²) in [6.07, 6.45) is 0. The summed E-state index contributed by atoms with van der Waals surface area (Å²) in [7, 11) is 3.58. The highest BCUT2D eigenvalue weighted by Gasteiger charge is 2.22. The van der Waals surface area contributed by atoms with E-state index in [0.29, 0.717) is 0 Å². The lowest BCUT2D eigenvalue weighted by atomic mass is 10.3. The Labute approximate surface area is 108 Å². The largest absolute Gasteiger partial charge is 0.353 e. The quantitative estimate of drug-likeness (QED) is 0.749. The van der Waals surface area contributed by atoms with Gasteiger partial charge in [-0.1, -0.05) is 6.07 Å². The summed E-state index contributed by atoms with van der Waals surface area (Å²) in [4.78, 5) is 22.1. The maximum Gasteiger partial charge on any atom is 0.319 e. The van der Waals surface area contributed by atoms with Crippen LogP contribution in [0, 0.1) is 6.92 Å². The van der Waals surface area contributed by atoms with Crippen molar-refractivity contribution in [1.29, 1.82) is 0 Å². The summed E-state index contributed by atoms with van der Waals surface area (Å²) in [6, 6.07) is 6.13. The number of rotatable bonds is 1. The Morgan fingerprint density at radius 3 is 2.44 bits per heavy atom. The fourth-order valence-electron chi connectivity index (χ4n) is 2.11. The van der Waals surface area contributed by atoms with E-state index < -0.39 is 0 Å². The molecule has 0 spiro atoms. The Hall–Kier alpha value is -1.78. The van der Waals surface area contributed by atoms with Gasteiger partial charge in [-0.2, -0.15) is 0 Å². The number of hydrogen-bond acceptors (Lipinski definition) is 3. The van der Waals surface area contributed by atoms with Gasteiger partial charge in [0.25, 0.3) is 0 Å². The van der Waals surface area contributed by atoms with Gasteiger partial charge in [0.15, 0.2) is 0 Å². The molecular formula is C13H20N4O. The van der Waals surface area contributed by atoms with Crippen LogP contribution in [0.3, 0.4) is 0 Å². The molecule has 2 heterocycles. The molecule has 18 heavy (non-hydrogen) atoms. The average Bonchev–Trinajstić information content (AvgIpc) is 2.38. The molecule has 0 radical (unpaired) electrons. The maximum atomic E-state index is 11.8. The van der Waals surface area contributed by atoms with Gasteiger partial charge in [0, 0.05) is 46.0 Å². The minimum atomic E-state index is 0.0897. The molecule has 0 saturated carbocycles. The second-order valence-corrected chi connectivity index (χ2v) is 4.79. The van der Waals surface area contributed by atoms with Crippen molar-refractivity contribution >= 4 is 11.8 Å². The summed E-state index contributed by atoms with van der Waals surface area (Å²) in [5.41, 5.74) is 1.03. The number of pyridine rings is 1. The Balaban J connectivity index is 1.96. The lowest BCUT2D eigenvalue weighted by molar-refractivity contribution is 0.168. The van der Waals surface area contributed by atoms with E-state index in [9.17, 15) is 4.79 Å². The Bertz CT molecular complexity index is 425. The first-order valence-corrected chi connectivity index (χ1v) is 6.23. The van der Waals surface area contributed by atoms with Gasteiger partial charge in [-0.15, -0.1) is 0 Å². The monoisotopic (exact) mass is 248 g/mol. The first kappa shape index (κ1) is 12.7. The van der Waals surface area contributed by atoms with Crippen molar-refractivity contribution in [3.63, 3.8) is 0 Å². The molecule has 1 saturated heterocycles. The Morgan fingerprint density at radius 2 is 1.89 bits per heavy atom. The number of carbonyl (C=O) groups is 1. The van der Waals surface area contributed by atoms with Crippen LogP contribution in [0.1, 0.15) is 5.69 Å². The van der Waals surface area contributed by atoms with E-state index in [-0.39, 0.29) is 6.03 Å². The molecule has 1 aromatic rings. The highest BCUT2D eigenvalue weighted by molar-refractivity contribution is 5.74. The van der Waals surface area contributed by atoms with Gasteiger partial charge < -0.3 is 14.7 Å². The van der Waals surface area contributed by atoms with Gasteiger partial charge >= 0.3 is 6.03 Å². The van der Waals surface area contributed by atoms with Gasteiger partial charge in [-0.25, -0.2) is 9.78 Å². The zero-order valence-electron chi connectivity index (χ0n) is 11.3. The van der Waals surface area contributed by atoms with Crippen molar-refractivity contribution in [3.8, 4) is 0 Å². The molecule has 98 valence electrons. The first-order valence-electron chi connectivity index (χ1n) is 6.23. The Kier molecular flexibility index (Phi) is 3.69. The van der Waals surface area contributed by atoms with E-state index in [1.165, 1.54) is 0 Å². The summed E-state index contributed by atoms with van der Waals surface area (Å²) in [5, 5.41) is 0. The number of anilines is 1. The predicted molar refractivity (Wildman–Crippen MR) is 71.8 cm³/mol. The van der Waals surface area contributed by atoms with Crippen molar-refractivity contribution in [3.05, 3.63) is 23.9 Å². The van der Waals surface area contributed by atoms with E-state index in [0.717, 1.165) is 37.7 Å². The molecule has 0 aromatic carbocycles. The van der Waals surface area contributed by atoms with Crippen LogP contribution in [-0.4, -0.2) is 61.1 Å². The fourth-order valence-corrected chi connectivity index (χ4v) is 2.11. The van der Waals surface area contributed by atoms with Crippen LogP contribution in [0.15, 0.2) is 18.2 Å². The molecule has 1 aliphatic heterocycles. The maximum absolute atomic E-state index is 11.8. The van der Waals surface area contributed by atoms with Crippen LogP contribution in [0.5, 0.6) is 0 Å². The lowest BCUT2D eigenvalue weighted by Gasteiger charge is -2.36. The molecule has 0 aliphatic carbocycles. The van der Waals surface area contributed by atoms with Crippen LogP contribution < -0.4 is 4.90 Å². The topological polar surface area (TPSA) is 39.7 Å². The summed E-state index contributed by atoms with van der Waals surface area (Å²) in [5.74, 6) is 1.01. The highest BCUT2D eigenvalue weighted by atomic mass is 16.2. The molecule has 5 nitrogen and oxygen atoms in total. The van der Waals surface area contributed by atoms with Crippen molar-refractivity contribution < 1.29 is 4.79 Å². The number of aryl methyl sites for hydroxylation is 1. The van der Waals surface area contributed by atoms with Crippen LogP contribution in [0.2, 0.25) is 0 Å². The van der Waals surface area contributed by atoms with Gasteiger partial charge in [0.1, 0.15) is 5.82 Å². The van der Waals surface area contributed by atoms with Crippen LogP contribution >= 0.6 is 0 Å². The third kappa shape index (κ3) is 2.72. The van der Waals surface area contributed by atoms with Crippen molar-refractivity contribution in [2.24, 2.45) is 0 Å². The van der Waals surface area contributed by atoms with E-state index in [2.05, 4.69) is 9.88 Å². The number of aromatic nitrogens is 1. The fraction of sp³-hybridized carbons (Fsp3) is 0.538. The number of hydrogen-bond donors (Lipinski definition) is 0. The van der Waals surface area contributed by atoms with Gasteiger partial charge in [0.2, 0.25) is 0 Å². The van der Waals surface area contributed by atoms with E-state index in [1.807, 2.05) is 30.0 Å². The molecule has 5 heteroatoms. The minimum absolute atomic E-state index is 0.0897. The van der Waals surface area contributed by atoms with Crippen LogP contribution in [-0.2, 0) is 0 Å². The van der Waals surface area contributed by atoms with Gasteiger partial charge in [0.05, 0.1) is 0 Å². The number of amides is 2. The molecule has 0 unspecified atom stereocenters. The molecule has 2 rings (SSSR count). The minimum Gasteiger partial charge on any atom is -0.353 e. The normalized spacial score (nSPS) is 15.7. The van der Waals surface area contributed by atoms with Gasteiger partial charge in [-0.3, -0.25) is 0 Å². The SMILES string of the molecule is Cc1cccc(N2CCN(C(=O)N(C)C)CC2)n1. The van der Waals surface area contributed by atoms with Gasteiger partial charge in [-0.05, 0) is 19.1 Å². The first-order chi connectivity index (χ1) is 8.58. The van der Waals surface area contributed by atoms with Crippen molar-refractivity contribution in [1.82, 2.24) is 14.8 Å². The summed E-state index contributed by atoms with van der Waals surface area (Å²) in [6.45, 7) is 5.20. The number of piperazine rings is 1. The second kappa shape index (κ2) is 5.25. The molecular weight excluding hydrogens is 228 g/mol. The predicted octanol–water partition coefficient (Wildman–Crippen LogP) is 1.19. The molecule has 0 atom stereocenters. The highest BCUT2D eigenvalue weighted by Crippen LogP contribution is 2.14. The Morgan fingerprint density at radius 1 is 1.22 bits per heavy atom. The number of nitrogens with zero attached hydrogens (tertiary/aromatic N) is 4. The van der Waals surface area contributed by atoms with E-state index >= 15 is 0 Å². The van der Waals surface area contributed by atoms with E-state index in [4.69, 9.17) is 0 Å². The molecule has 0 N–H and O–H groups in total. The molecule has 2 amide bonds. The van der Waals surface area contributed by atoms with E-state index in [1.54, 1.807) is 19.0 Å². The zero-order chi connectivity index (χ0) is 13.1. The summed E-state index contributed by atoms with van der Waals surface area (Å²) >= 11 is 0. The molecule has 1 aromatic heterocycles. The number of carbonyl (C=O) groups excluding carboxylic acids is 1. The summed E-state index contributed by atoms with van der Waals surface area (Å²) < 4.78 is 0. The van der Waals surface area contributed by atoms with Crippen LogP contribution in [0.4, 0.5) is 10.6 Å². The zero-order valence-corrected chi connectivity index (χ0v) is 11.3. The lowest BCUT2D eigenvalue weighted by Crippen LogP contribution is -2.51. The molecule has 1 fully saturated rings. The third-order valence-electron chi connectivity index (χ3n) is 3.13. The number of urea groups is 1. The molecule has 0 bridgehead atoms.